The highest BCUT2D eigenvalue weighted by molar-refractivity contribution is 6.00. The molecule has 1 aliphatic rings. The Bertz CT molecular complexity index is 1150. The highest BCUT2D eigenvalue weighted by Gasteiger charge is 2.41. The predicted octanol–water partition coefficient (Wildman–Crippen LogP) is 2.93. The molecule has 148 valence electrons. The maximum absolute atomic E-state index is 13.3. The van der Waals surface area contributed by atoms with E-state index in [1.165, 1.54) is 17.0 Å². The van der Waals surface area contributed by atoms with Gasteiger partial charge in [-0.2, -0.15) is 5.26 Å². The van der Waals surface area contributed by atoms with Crippen LogP contribution >= 0.6 is 0 Å². The molecule has 0 bridgehead atoms. The van der Waals surface area contributed by atoms with Crippen molar-refractivity contribution in [2.45, 2.75) is 18.5 Å². The van der Waals surface area contributed by atoms with Crippen LogP contribution in [-0.2, 0) is 11.3 Å². The minimum Gasteiger partial charge on any atom is -0.549 e. The van der Waals surface area contributed by atoms with Crippen LogP contribution in [0.1, 0.15) is 44.6 Å². The van der Waals surface area contributed by atoms with Crippen molar-refractivity contribution in [1.29, 1.82) is 5.26 Å². The van der Waals surface area contributed by atoms with Gasteiger partial charge in [0.05, 0.1) is 23.6 Å². The topological polar surface area (TPSA) is 84.2 Å². The molecular weight excluding hydrogens is 383 g/mol. The minimum absolute atomic E-state index is 0.0991. The van der Waals surface area contributed by atoms with Gasteiger partial charge in [-0.3, -0.25) is 4.79 Å². The van der Waals surface area contributed by atoms with E-state index < -0.39 is 23.7 Å². The Kier molecular flexibility index (Phi) is 5.03. The zero-order valence-electron chi connectivity index (χ0n) is 15.8. The number of nitrogens with zero attached hydrogens (tertiary/aromatic N) is 2. The van der Waals surface area contributed by atoms with E-state index in [0.717, 1.165) is 0 Å². The molecule has 0 spiro atoms. The molecular formula is C24H16FN2O3-. The SMILES string of the molecule is N#Cc1ccc([C@H]2[C@@H](C(=O)[O-])c3ccccc3C(=O)N2Cc2ccc(F)cc2)cc1. The van der Waals surface area contributed by atoms with E-state index >= 15 is 0 Å². The summed E-state index contributed by atoms with van der Waals surface area (Å²) in [5, 5.41) is 21.3. The Balaban J connectivity index is 1.86. The quantitative estimate of drug-likeness (QED) is 0.675. The molecule has 0 aromatic heterocycles. The van der Waals surface area contributed by atoms with Gasteiger partial charge < -0.3 is 14.8 Å². The third kappa shape index (κ3) is 3.42. The number of rotatable bonds is 4. The van der Waals surface area contributed by atoms with Gasteiger partial charge >= 0.3 is 0 Å². The smallest absolute Gasteiger partial charge is 0.255 e. The Morgan fingerprint density at radius 3 is 2.33 bits per heavy atom. The minimum atomic E-state index is -1.30. The standard InChI is InChI=1S/C24H17FN2O3/c25-18-11-7-16(8-12-18)14-27-22(17-9-5-15(13-26)6-10-17)21(24(29)30)19-3-1-2-4-20(19)23(27)28/h1-12,21-22H,14H2,(H,29,30)/p-1/t21-,22-/m0/s1. The van der Waals surface area contributed by atoms with Gasteiger partial charge in [0.2, 0.25) is 0 Å². The summed E-state index contributed by atoms with van der Waals surface area (Å²) in [6.45, 7) is 0.0991. The zero-order chi connectivity index (χ0) is 21.3. The Labute approximate surface area is 172 Å². The third-order valence-corrected chi connectivity index (χ3v) is 5.34. The average Bonchev–Trinajstić information content (AvgIpc) is 2.76. The first-order chi connectivity index (χ1) is 14.5. The van der Waals surface area contributed by atoms with Crippen LogP contribution in [0, 0.1) is 17.1 Å². The van der Waals surface area contributed by atoms with E-state index in [4.69, 9.17) is 5.26 Å². The van der Waals surface area contributed by atoms with Crippen molar-refractivity contribution in [2.24, 2.45) is 0 Å². The lowest BCUT2D eigenvalue weighted by atomic mass is 9.79. The molecule has 1 heterocycles. The highest BCUT2D eigenvalue weighted by atomic mass is 19.1. The summed E-state index contributed by atoms with van der Waals surface area (Å²) in [5.74, 6) is -3.10. The van der Waals surface area contributed by atoms with Crippen LogP contribution in [0.15, 0.2) is 72.8 Å². The molecule has 0 N–H and O–H groups in total. The van der Waals surface area contributed by atoms with Gasteiger partial charge in [0, 0.05) is 18.0 Å². The molecule has 3 aromatic carbocycles. The number of carbonyl (C=O) groups excluding carboxylic acids is 2. The summed E-state index contributed by atoms with van der Waals surface area (Å²) in [6.07, 6.45) is 0. The summed E-state index contributed by atoms with van der Waals surface area (Å²) in [7, 11) is 0. The molecule has 0 fully saturated rings. The van der Waals surface area contributed by atoms with Gasteiger partial charge in [-0.15, -0.1) is 0 Å². The van der Waals surface area contributed by atoms with Crippen LogP contribution in [-0.4, -0.2) is 16.8 Å². The van der Waals surface area contributed by atoms with Crippen LogP contribution in [0.25, 0.3) is 0 Å². The van der Waals surface area contributed by atoms with Crippen LogP contribution in [0.3, 0.4) is 0 Å². The number of nitriles is 1. The second kappa shape index (κ2) is 7.80. The molecule has 0 saturated carbocycles. The summed E-state index contributed by atoms with van der Waals surface area (Å²) in [4.78, 5) is 27.0. The van der Waals surface area contributed by atoms with Gasteiger partial charge in [0.1, 0.15) is 5.82 Å². The number of carboxylic acid groups (broad SMARTS) is 1. The van der Waals surface area contributed by atoms with Crippen molar-refractivity contribution >= 4 is 11.9 Å². The van der Waals surface area contributed by atoms with Crippen molar-refractivity contribution in [1.82, 2.24) is 4.90 Å². The van der Waals surface area contributed by atoms with E-state index in [0.29, 0.717) is 27.8 Å². The molecule has 6 heteroatoms. The second-order valence-corrected chi connectivity index (χ2v) is 7.12. The lowest BCUT2D eigenvalue weighted by molar-refractivity contribution is -0.309. The number of benzene rings is 3. The van der Waals surface area contributed by atoms with Crippen LogP contribution < -0.4 is 5.11 Å². The van der Waals surface area contributed by atoms with Gasteiger partial charge in [0.15, 0.2) is 0 Å². The van der Waals surface area contributed by atoms with E-state index in [-0.39, 0.29) is 12.5 Å². The van der Waals surface area contributed by atoms with Crippen molar-refractivity contribution in [3.63, 3.8) is 0 Å². The normalized spacial score (nSPS) is 17.9. The molecule has 5 nitrogen and oxygen atoms in total. The number of hydrogen-bond acceptors (Lipinski definition) is 4. The van der Waals surface area contributed by atoms with Crippen LogP contribution in [0.4, 0.5) is 4.39 Å². The Morgan fingerprint density at radius 1 is 1.03 bits per heavy atom. The first-order valence-electron chi connectivity index (χ1n) is 9.35. The van der Waals surface area contributed by atoms with E-state index in [2.05, 4.69) is 0 Å². The number of carboxylic acids is 1. The third-order valence-electron chi connectivity index (χ3n) is 5.34. The fraction of sp³-hybridized carbons (Fsp3) is 0.125. The van der Waals surface area contributed by atoms with Crippen molar-refractivity contribution in [3.8, 4) is 6.07 Å². The number of aliphatic carboxylic acids is 1. The lowest BCUT2D eigenvalue weighted by Crippen LogP contribution is -2.47. The lowest BCUT2D eigenvalue weighted by Gasteiger charge is -2.43. The van der Waals surface area contributed by atoms with Gasteiger partial charge in [0.25, 0.3) is 5.91 Å². The molecule has 4 rings (SSSR count). The molecule has 2 atom stereocenters. The van der Waals surface area contributed by atoms with Crippen molar-refractivity contribution in [3.05, 3.63) is 106 Å². The summed E-state index contributed by atoms with van der Waals surface area (Å²) >= 11 is 0. The van der Waals surface area contributed by atoms with Crippen molar-refractivity contribution < 1.29 is 19.1 Å². The monoisotopic (exact) mass is 399 g/mol. The molecule has 0 unspecified atom stereocenters. The Hall–Kier alpha value is -3.98. The molecule has 3 aromatic rings. The van der Waals surface area contributed by atoms with E-state index in [1.54, 1.807) is 60.7 Å². The summed E-state index contributed by atoms with van der Waals surface area (Å²) in [5.41, 5.74) is 2.37. The van der Waals surface area contributed by atoms with Crippen LogP contribution in [0.5, 0.6) is 0 Å². The zero-order valence-corrected chi connectivity index (χ0v) is 15.8. The summed E-state index contributed by atoms with van der Waals surface area (Å²) < 4.78 is 13.3. The van der Waals surface area contributed by atoms with E-state index in [9.17, 15) is 19.1 Å². The number of amides is 1. The molecule has 30 heavy (non-hydrogen) atoms. The predicted molar refractivity (Wildman–Crippen MR) is 104 cm³/mol. The first kappa shape index (κ1) is 19.3. The molecule has 0 saturated heterocycles. The van der Waals surface area contributed by atoms with Crippen LogP contribution in [0.2, 0.25) is 0 Å². The fourth-order valence-electron chi connectivity index (χ4n) is 3.93. The first-order valence-corrected chi connectivity index (χ1v) is 9.35. The number of carbonyl (C=O) groups is 2. The Morgan fingerprint density at radius 2 is 1.70 bits per heavy atom. The average molecular weight is 399 g/mol. The second-order valence-electron chi connectivity index (χ2n) is 7.12. The highest BCUT2D eigenvalue weighted by Crippen LogP contribution is 2.43. The van der Waals surface area contributed by atoms with Crippen molar-refractivity contribution in [2.75, 3.05) is 0 Å². The van der Waals surface area contributed by atoms with Gasteiger partial charge in [-0.25, -0.2) is 4.39 Å². The fourth-order valence-corrected chi connectivity index (χ4v) is 3.93. The number of halogens is 1. The molecule has 1 aliphatic heterocycles. The number of fused-ring (bicyclic) bond motifs is 1. The maximum atomic E-state index is 13.3. The summed E-state index contributed by atoms with van der Waals surface area (Å²) in [6, 6.07) is 20.0. The number of hydrogen-bond donors (Lipinski definition) is 0. The molecule has 0 radical (unpaired) electrons. The van der Waals surface area contributed by atoms with E-state index in [1.807, 2.05) is 6.07 Å². The maximum Gasteiger partial charge on any atom is 0.255 e. The van der Waals surface area contributed by atoms with Gasteiger partial charge in [-0.1, -0.05) is 42.5 Å². The molecule has 0 aliphatic carbocycles. The largest absolute Gasteiger partial charge is 0.549 e. The van der Waals surface area contributed by atoms with Gasteiger partial charge in [-0.05, 0) is 47.0 Å². The molecule has 1 amide bonds.